The lowest BCUT2D eigenvalue weighted by Gasteiger charge is -2.00. The van der Waals surface area contributed by atoms with Crippen LogP contribution < -0.4 is 11.5 Å². The summed E-state index contributed by atoms with van der Waals surface area (Å²) in [7, 11) is 0. The minimum absolute atomic E-state index is 0.0298. The number of benzene rings is 1. The van der Waals surface area contributed by atoms with Crippen LogP contribution in [-0.2, 0) is 12.8 Å². The molecule has 0 aliphatic carbocycles. The topological polar surface area (TPSA) is 77.3 Å². The molecule has 2 aromatic rings. The first-order chi connectivity index (χ1) is 9.63. The minimum Gasteiger partial charge on any atom is -0.370 e. The quantitative estimate of drug-likeness (QED) is 0.488. The van der Waals surface area contributed by atoms with E-state index in [1.54, 1.807) is 0 Å². The summed E-state index contributed by atoms with van der Waals surface area (Å²) in [6.07, 6.45) is 3.92. The third-order valence-electron chi connectivity index (χ3n) is 2.83. The first kappa shape index (κ1) is 14.5. The van der Waals surface area contributed by atoms with Gasteiger partial charge in [-0.05, 0) is 43.4 Å². The number of thiazole rings is 1. The number of halogens is 1. The van der Waals surface area contributed by atoms with Gasteiger partial charge in [0.15, 0.2) is 5.96 Å². The predicted octanol–water partition coefficient (Wildman–Crippen LogP) is 2.75. The van der Waals surface area contributed by atoms with Gasteiger partial charge in [-0.15, -0.1) is 11.3 Å². The molecule has 0 aliphatic heterocycles. The van der Waals surface area contributed by atoms with Crippen LogP contribution in [-0.4, -0.2) is 10.9 Å². The summed E-state index contributed by atoms with van der Waals surface area (Å²) in [5.74, 6) is -0.161. The van der Waals surface area contributed by atoms with E-state index >= 15 is 0 Å². The first-order valence-corrected chi connectivity index (χ1v) is 7.30. The molecule has 0 bridgehead atoms. The highest BCUT2D eigenvalue weighted by Gasteiger charge is 2.01. The number of nitrogens with zero attached hydrogens (tertiary/aromatic N) is 2. The van der Waals surface area contributed by atoms with Gasteiger partial charge in [0.05, 0.1) is 5.69 Å². The number of hydrogen-bond donors (Lipinski definition) is 2. The number of aryl methyl sites for hydroxylation is 2. The smallest absolute Gasteiger partial charge is 0.212 e. The van der Waals surface area contributed by atoms with Gasteiger partial charge in [-0.3, -0.25) is 0 Å². The number of rotatable bonds is 6. The van der Waals surface area contributed by atoms with Crippen molar-refractivity contribution in [3.63, 3.8) is 0 Å². The van der Waals surface area contributed by atoms with Gasteiger partial charge in [0.2, 0.25) is 5.13 Å². The fourth-order valence-corrected chi connectivity index (χ4v) is 2.60. The lowest BCUT2D eigenvalue weighted by atomic mass is 10.1. The lowest BCUT2D eigenvalue weighted by molar-refractivity contribution is 0.626. The Labute approximate surface area is 121 Å². The van der Waals surface area contributed by atoms with Crippen LogP contribution in [0.3, 0.4) is 0 Å². The van der Waals surface area contributed by atoms with Gasteiger partial charge < -0.3 is 11.5 Å². The van der Waals surface area contributed by atoms with Crippen LogP contribution in [0, 0.1) is 5.82 Å². The summed E-state index contributed by atoms with van der Waals surface area (Å²) < 4.78 is 12.8. The highest BCUT2D eigenvalue weighted by Crippen LogP contribution is 2.20. The van der Waals surface area contributed by atoms with E-state index in [4.69, 9.17) is 11.5 Å². The molecule has 4 nitrogen and oxygen atoms in total. The zero-order valence-electron chi connectivity index (χ0n) is 11.1. The molecule has 0 saturated heterocycles. The highest BCUT2D eigenvalue weighted by molar-refractivity contribution is 7.13. The third kappa shape index (κ3) is 4.62. The molecule has 1 heterocycles. The molecule has 20 heavy (non-hydrogen) atoms. The molecule has 2 rings (SSSR count). The average Bonchev–Trinajstić information content (AvgIpc) is 2.83. The van der Waals surface area contributed by atoms with Gasteiger partial charge in [-0.2, -0.15) is 4.99 Å². The second-order valence-electron chi connectivity index (χ2n) is 4.49. The molecule has 106 valence electrons. The maximum atomic E-state index is 12.8. The standard InChI is InChI=1S/C14H17FN4S/c15-11-7-5-10(6-8-11)3-1-2-4-12-9-20-14(18-12)19-13(16)17/h5-9H,1-4H2,(H4,16,17,18,19). The first-order valence-electron chi connectivity index (χ1n) is 6.42. The molecular formula is C14H17FN4S. The second-order valence-corrected chi connectivity index (χ2v) is 5.33. The van der Waals surface area contributed by atoms with Crippen molar-refractivity contribution in [1.29, 1.82) is 0 Å². The molecule has 4 N–H and O–H groups in total. The second kappa shape index (κ2) is 7.00. The Kier molecular flexibility index (Phi) is 5.06. The average molecular weight is 292 g/mol. The lowest BCUT2D eigenvalue weighted by Crippen LogP contribution is -2.21. The number of aliphatic imine (C=N–C) groups is 1. The Balaban J connectivity index is 1.74. The molecule has 0 amide bonds. The summed E-state index contributed by atoms with van der Waals surface area (Å²) >= 11 is 1.43. The maximum absolute atomic E-state index is 12.8. The van der Waals surface area contributed by atoms with E-state index in [2.05, 4.69) is 9.98 Å². The van der Waals surface area contributed by atoms with Crippen LogP contribution in [0.15, 0.2) is 34.6 Å². The van der Waals surface area contributed by atoms with E-state index in [1.165, 1.54) is 23.5 Å². The Bertz CT molecular complexity index is 573. The Morgan fingerprint density at radius 2 is 1.85 bits per heavy atom. The van der Waals surface area contributed by atoms with Gasteiger partial charge in [0, 0.05) is 5.38 Å². The van der Waals surface area contributed by atoms with Crippen LogP contribution >= 0.6 is 11.3 Å². The fourth-order valence-electron chi connectivity index (χ4n) is 1.86. The largest absolute Gasteiger partial charge is 0.370 e. The van der Waals surface area contributed by atoms with Crippen molar-refractivity contribution in [2.24, 2.45) is 16.5 Å². The Morgan fingerprint density at radius 3 is 2.55 bits per heavy atom. The van der Waals surface area contributed by atoms with Crippen LogP contribution in [0.2, 0.25) is 0 Å². The minimum atomic E-state index is -0.191. The van der Waals surface area contributed by atoms with Crippen molar-refractivity contribution < 1.29 is 4.39 Å². The molecule has 0 fully saturated rings. The van der Waals surface area contributed by atoms with Crippen molar-refractivity contribution >= 4 is 22.4 Å². The fraction of sp³-hybridized carbons (Fsp3) is 0.286. The molecule has 1 aromatic heterocycles. The molecule has 0 saturated carbocycles. The molecule has 0 spiro atoms. The van der Waals surface area contributed by atoms with E-state index in [1.807, 2.05) is 17.5 Å². The number of unbranched alkanes of at least 4 members (excludes halogenated alkanes) is 1. The summed E-state index contributed by atoms with van der Waals surface area (Å²) in [6.45, 7) is 0. The van der Waals surface area contributed by atoms with Crippen molar-refractivity contribution in [2.45, 2.75) is 25.7 Å². The summed E-state index contributed by atoms with van der Waals surface area (Å²) in [6, 6.07) is 6.65. The van der Waals surface area contributed by atoms with Crippen LogP contribution in [0.1, 0.15) is 24.1 Å². The van der Waals surface area contributed by atoms with Gasteiger partial charge in [0.1, 0.15) is 5.82 Å². The van der Waals surface area contributed by atoms with Gasteiger partial charge in [0.25, 0.3) is 0 Å². The SMILES string of the molecule is NC(N)=Nc1nc(CCCCc2ccc(F)cc2)cs1. The van der Waals surface area contributed by atoms with Gasteiger partial charge >= 0.3 is 0 Å². The van der Waals surface area contributed by atoms with E-state index in [0.717, 1.165) is 36.9 Å². The molecule has 0 radical (unpaired) electrons. The number of guanidine groups is 1. The Hall–Kier alpha value is -1.95. The van der Waals surface area contributed by atoms with Crippen molar-refractivity contribution in [2.75, 3.05) is 0 Å². The maximum Gasteiger partial charge on any atom is 0.212 e. The molecule has 6 heteroatoms. The van der Waals surface area contributed by atoms with E-state index in [-0.39, 0.29) is 11.8 Å². The van der Waals surface area contributed by atoms with Crippen molar-refractivity contribution in [3.05, 3.63) is 46.7 Å². The highest BCUT2D eigenvalue weighted by atomic mass is 32.1. The summed E-state index contributed by atoms with van der Waals surface area (Å²) in [5, 5.41) is 2.57. The van der Waals surface area contributed by atoms with Crippen molar-refractivity contribution in [1.82, 2.24) is 4.98 Å². The third-order valence-corrected chi connectivity index (χ3v) is 3.61. The molecule has 0 aliphatic rings. The van der Waals surface area contributed by atoms with Gasteiger partial charge in [-0.1, -0.05) is 12.1 Å². The summed E-state index contributed by atoms with van der Waals surface area (Å²) in [5.41, 5.74) is 12.8. The predicted molar refractivity (Wildman–Crippen MR) is 80.6 cm³/mol. The van der Waals surface area contributed by atoms with Crippen molar-refractivity contribution in [3.8, 4) is 0 Å². The van der Waals surface area contributed by atoms with Crippen LogP contribution in [0.4, 0.5) is 9.52 Å². The van der Waals surface area contributed by atoms with E-state index in [0.29, 0.717) is 5.13 Å². The molecule has 1 aromatic carbocycles. The van der Waals surface area contributed by atoms with E-state index < -0.39 is 0 Å². The Morgan fingerprint density at radius 1 is 1.15 bits per heavy atom. The number of nitrogens with two attached hydrogens (primary N) is 2. The zero-order chi connectivity index (χ0) is 14.4. The molecular weight excluding hydrogens is 275 g/mol. The molecule has 0 atom stereocenters. The number of hydrogen-bond acceptors (Lipinski definition) is 3. The van der Waals surface area contributed by atoms with Gasteiger partial charge in [-0.25, -0.2) is 9.37 Å². The monoisotopic (exact) mass is 292 g/mol. The van der Waals surface area contributed by atoms with Crippen LogP contribution in [0.25, 0.3) is 0 Å². The number of aromatic nitrogens is 1. The van der Waals surface area contributed by atoms with Crippen LogP contribution in [0.5, 0.6) is 0 Å². The normalized spacial score (nSPS) is 10.4. The van der Waals surface area contributed by atoms with E-state index in [9.17, 15) is 4.39 Å². The molecule has 0 unspecified atom stereocenters. The zero-order valence-corrected chi connectivity index (χ0v) is 11.9. The summed E-state index contributed by atoms with van der Waals surface area (Å²) in [4.78, 5) is 8.24.